The first kappa shape index (κ1) is 16.3. The molecule has 1 amide bonds. The second kappa shape index (κ2) is 7.34. The van der Waals surface area contributed by atoms with Crippen LogP contribution in [0, 0.1) is 5.82 Å². The van der Waals surface area contributed by atoms with Gasteiger partial charge in [-0.25, -0.2) is 4.39 Å². The lowest BCUT2D eigenvalue weighted by molar-refractivity contribution is -0.120. The van der Waals surface area contributed by atoms with Crippen molar-refractivity contribution in [3.8, 4) is 5.75 Å². The topological polar surface area (TPSA) is 32.8 Å². The highest BCUT2D eigenvalue weighted by Crippen LogP contribution is 2.23. The summed E-state index contributed by atoms with van der Waals surface area (Å²) in [5.41, 5.74) is 2.02. The zero-order valence-corrected chi connectivity index (χ0v) is 13.7. The molecule has 0 aromatic heterocycles. The van der Waals surface area contributed by atoms with Crippen molar-refractivity contribution in [2.45, 2.75) is 12.8 Å². The molecule has 4 nitrogen and oxygen atoms in total. The molecule has 0 bridgehead atoms. The third kappa shape index (κ3) is 3.85. The second-order valence-corrected chi connectivity index (χ2v) is 5.91. The Balaban J connectivity index is 1.57. The summed E-state index contributed by atoms with van der Waals surface area (Å²) >= 11 is 0. The third-order valence-corrected chi connectivity index (χ3v) is 4.26. The van der Waals surface area contributed by atoms with Gasteiger partial charge in [0.1, 0.15) is 11.6 Å². The number of ether oxygens (including phenoxy) is 1. The zero-order valence-electron chi connectivity index (χ0n) is 13.7. The van der Waals surface area contributed by atoms with Gasteiger partial charge in [0.05, 0.1) is 0 Å². The number of carbonyl (C=O) groups excluding carboxylic acids is 1. The van der Waals surface area contributed by atoms with Crippen LogP contribution in [-0.4, -0.2) is 32.7 Å². The average molecular weight is 328 g/mol. The summed E-state index contributed by atoms with van der Waals surface area (Å²) in [6, 6.07) is 13.6. The summed E-state index contributed by atoms with van der Waals surface area (Å²) in [6.07, 6.45) is 2.47. The molecule has 24 heavy (non-hydrogen) atoms. The lowest BCUT2D eigenvalue weighted by Gasteiger charge is -2.21. The van der Waals surface area contributed by atoms with Crippen molar-refractivity contribution >= 4 is 17.3 Å². The van der Waals surface area contributed by atoms with Crippen molar-refractivity contribution < 1.29 is 13.9 Å². The number of rotatable bonds is 5. The summed E-state index contributed by atoms with van der Waals surface area (Å²) in [7, 11) is 1.72. The first-order valence-electron chi connectivity index (χ1n) is 8.13. The van der Waals surface area contributed by atoms with Crippen molar-refractivity contribution in [1.82, 2.24) is 0 Å². The quantitative estimate of drug-likeness (QED) is 0.842. The Hall–Kier alpha value is -2.56. The molecule has 0 aliphatic carbocycles. The minimum atomic E-state index is -0.330. The van der Waals surface area contributed by atoms with Crippen LogP contribution in [-0.2, 0) is 4.79 Å². The molecular weight excluding hydrogens is 307 g/mol. The number of anilines is 2. The summed E-state index contributed by atoms with van der Waals surface area (Å²) in [4.78, 5) is 16.2. The first-order chi connectivity index (χ1) is 11.6. The lowest BCUT2D eigenvalue weighted by Crippen LogP contribution is -2.31. The van der Waals surface area contributed by atoms with Crippen molar-refractivity contribution in [1.29, 1.82) is 0 Å². The molecule has 2 aromatic rings. The molecule has 0 spiro atoms. The molecule has 0 saturated carbocycles. The van der Waals surface area contributed by atoms with E-state index in [4.69, 9.17) is 4.74 Å². The number of hydrogen-bond acceptors (Lipinski definition) is 3. The van der Waals surface area contributed by atoms with Crippen molar-refractivity contribution in [3.63, 3.8) is 0 Å². The molecule has 5 heteroatoms. The minimum Gasteiger partial charge on any atom is -0.484 e. The predicted molar refractivity (Wildman–Crippen MR) is 93.2 cm³/mol. The number of nitrogens with zero attached hydrogens (tertiary/aromatic N) is 2. The fourth-order valence-corrected chi connectivity index (χ4v) is 2.78. The van der Waals surface area contributed by atoms with Crippen LogP contribution in [0.2, 0.25) is 0 Å². The van der Waals surface area contributed by atoms with Gasteiger partial charge >= 0.3 is 0 Å². The molecule has 126 valence electrons. The first-order valence-corrected chi connectivity index (χ1v) is 8.13. The second-order valence-electron chi connectivity index (χ2n) is 5.91. The van der Waals surface area contributed by atoms with Crippen molar-refractivity contribution in [2.24, 2.45) is 0 Å². The van der Waals surface area contributed by atoms with E-state index in [-0.39, 0.29) is 18.3 Å². The molecular formula is C19H21FN2O2. The van der Waals surface area contributed by atoms with E-state index >= 15 is 0 Å². The van der Waals surface area contributed by atoms with Crippen LogP contribution < -0.4 is 14.5 Å². The maximum absolute atomic E-state index is 12.8. The van der Waals surface area contributed by atoms with Gasteiger partial charge in [-0.15, -0.1) is 0 Å². The number of benzene rings is 2. The van der Waals surface area contributed by atoms with E-state index < -0.39 is 0 Å². The van der Waals surface area contributed by atoms with E-state index in [0.717, 1.165) is 18.8 Å². The van der Waals surface area contributed by atoms with E-state index in [1.165, 1.54) is 42.8 Å². The number of hydrogen-bond donors (Lipinski definition) is 0. The van der Waals surface area contributed by atoms with Crippen LogP contribution in [0.3, 0.4) is 0 Å². The van der Waals surface area contributed by atoms with Gasteiger partial charge in [-0.3, -0.25) is 4.79 Å². The Bertz CT molecular complexity index is 680. The molecule has 1 fully saturated rings. The van der Waals surface area contributed by atoms with E-state index in [2.05, 4.69) is 4.90 Å². The molecule has 1 saturated heterocycles. The standard InChI is InChI=1S/C19H21FN2O2/c1-21(19(23)14-24-18-10-4-15(20)5-11-18)16-6-8-17(9-7-16)22-12-2-3-13-22/h4-11H,2-3,12-14H2,1H3. The fraction of sp³-hybridized carbons (Fsp3) is 0.316. The van der Waals surface area contributed by atoms with Gasteiger partial charge in [0.2, 0.25) is 0 Å². The van der Waals surface area contributed by atoms with E-state index in [1.54, 1.807) is 11.9 Å². The van der Waals surface area contributed by atoms with Crippen LogP contribution in [0.15, 0.2) is 48.5 Å². The molecule has 3 rings (SSSR count). The minimum absolute atomic E-state index is 0.0873. The molecule has 1 heterocycles. The summed E-state index contributed by atoms with van der Waals surface area (Å²) in [5.74, 6) is -0.0142. The Morgan fingerprint density at radius 3 is 2.33 bits per heavy atom. The maximum atomic E-state index is 12.8. The summed E-state index contributed by atoms with van der Waals surface area (Å²) < 4.78 is 18.2. The Morgan fingerprint density at radius 2 is 1.71 bits per heavy atom. The Kier molecular flexibility index (Phi) is 4.99. The molecule has 1 aliphatic heterocycles. The molecule has 1 aliphatic rings. The maximum Gasteiger partial charge on any atom is 0.264 e. The number of halogens is 1. The van der Waals surface area contributed by atoms with E-state index in [9.17, 15) is 9.18 Å². The third-order valence-electron chi connectivity index (χ3n) is 4.26. The van der Waals surface area contributed by atoms with Crippen LogP contribution in [0.5, 0.6) is 5.75 Å². The van der Waals surface area contributed by atoms with E-state index in [0.29, 0.717) is 5.75 Å². The Morgan fingerprint density at radius 1 is 1.08 bits per heavy atom. The van der Waals surface area contributed by atoms with Gasteiger partial charge in [0.25, 0.3) is 5.91 Å². The SMILES string of the molecule is CN(C(=O)COc1ccc(F)cc1)c1ccc(N2CCCC2)cc1. The molecule has 0 unspecified atom stereocenters. The number of carbonyl (C=O) groups is 1. The molecule has 0 atom stereocenters. The number of likely N-dealkylation sites (N-methyl/N-ethyl adjacent to an activating group) is 1. The zero-order chi connectivity index (χ0) is 16.9. The van der Waals surface area contributed by atoms with Gasteiger partial charge in [-0.2, -0.15) is 0 Å². The fourth-order valence-electron chi connectivity index (χ4n) is 2.78. The number of amides is 1. The largest absolute Gasteiger partial charge is 0.484 e. The Labute approximate surface area is 141 Å². The lowest BCUT2D eigenvalue weighted by atomic mass is 10.2. The van der Waals surface area contributed by atoms with Crippen LogP contribution in [0.25, 0.3) is 0 Å². The molecule has 0 N–H and O–H groups in total. The van der Waals surface area contributed by atoms with Gasteiger partial charge < -0.3 is 14.5 Å². The van der Waals surface area contributed by atoms with E-state index in [1.807, 2.05) is 24.3 Å². The average Bonchev–Trinajstić information content (AvgIpc) is 3.15. The van der Waals surface area contributed by atoms with Crippen molar-refractivity contribution in [2.75, 3.05) is 36.5 Å². The highest BCUT2D eigenvalue weighted by molar-refractivity contribution is 5.94. The predicted octanol–water partition coefficient (Wildman–Crippen LogP) is 3.47. The smallest absolute Gasteiger partial charge is 0.264 e. The van der Waals surface area contributed by atoms with Gasteiger partial charge in [0.15, 0.2) is 6.61 Å². The van der Waals surface area contributed by atoms with Gasteiger partial charge in [-0.1, -0.05) is 0 Å². The van der Waals surface area contributed by atoms with Crippen LogP contribution in [0.4, 0.5) is 15.8 Å². The van der Waals surface area contributed by atoms with Gasteiger partial charge in [-0.05, 0) is 61.4 Å². The highest BCUT2D eigenvalue weighted by Gasteiger charge is 2.15. The van der Waals surface area contributed by atoms with Crippen LogP contribution in [0.1, 0.15) is 12.8 Å². The normalized spacial score (nSPS) is 13.8. The van der Waals surface area contributed by atoms with Crippen LogP contribution >= 0.6 is 0 Å². The highest BCUT2D eigenvalue weighted by atomic mass is 19.1. The molecule has 2 aromatic carbocycles. The van der Waals surface area contributed by atoms with Crippen molar-refractivity contribution in [3.05, 3.63) is 54.3 Å². The molecule has 0 radical (unpaired) electrons. The summed E-state index contributed by atoms with van der Waals surface area (Å²) in [5, 5.41) is 0. The summed E-state index contributed by atoms with van der Waals surface area (Å²) in [6.45, 7) is 2.11. The van der Waals surface area contributed by atoms with Gasteiger partial charge in [0, 0.05) is 31.5 Å². The monoisotopic (exact) mass is 328 g/mol.